The molecular formula is C19H22N2O2S2. The first-order valence-electron chi connectivity index (χ1n) is 8.47. The molecule has 1 N–H and O–H groups in total. The van der Waals surface area contributed by atoms with Crippen molar-refractivity contribution in [3.05, 3.63) is 57.8 Å². The Kier molecular flexibility index (Phi) is 6.53. The molecule has 1 aliphatic heterocycles. The molecule has 0 atom stereocenters. The van der Waals surface area contributed by atoms with Crippen LogP contribution in [0.3, 0.4) is 0 Å². The SMILES string of the molecule is O=C(NCCSCc1cccs1)c1cccc(CN2CCCC2=O)c1. The highest BCUT2D eigenvalue weighted by Gasteiger charge is 2.20. The molecule has 2 amide bonds. The van der Waals surface area contributed by atoms with Gasteiger partial charge in [0.2, 0.25) is 5.91 Å². The second-order valence-electron chi connectivity index (χ2n) is 6.01. The van der Waals surface area contributed by atoms with E-state index >= 15 is 0 Å². The van der Waals surface area contributed by atoms with Gasteiger partial charge >= 0.3 is 0 Å². The van der Waals surface area contributed by atoms with Crippen molar-refractivity contribution in [1.82, 2.24) is 10.2 Å². The molecule has 1 aromatic heterocycles. The van der Waals surface area contributed by atoms with Gasteiger partial charge < -0.3 is 10.2 Å². The van der Waals surface area contributed by atoms with Gasteiger partial charge in [-0.3, -0.25) is 9.59 Å². The molecular weight excluding hydrogens is 352 g/mol. The van der Waals surface area contributed by atoms with Crippen LogP contribution >= 0.6 is 23.1 Å². The molecule has 0 saturated carbocycles. The standard InChI is InChI=1S/C19H22N2O2S2/c22-18-7-2-9-21(18)13-15-4-1-5-16(12-15)19(23)20-8-11-24-14-17-6-3-10-25-17/h1,3-6,10,12H,2,7-9,11,13-14H2,(H,20,23). The summed E-state index contributed by atoms with van der Waals surface area (Å²) in [5, 5.41) is 5.06. The van der Waals surface area contributed by atoms with Crippen LogP contribution in [-0.2, 0) is 17.1 Å². The number of carbonyl (C=O) groups excluding carboxylic acids is 2. The number of nitrogens with one attached hydrogen (secondary N) is 1. The Morgan fingerprint density at radius 3 is 2.96 bits per heavy atom. The van der Waals surface area contributed by atoms with Gasteiger partial charge in [-0.25, -0.2) is 0 Å². The molecule has 6 heteroatoms. The zero-order chi connectivity index (χ0) is 17.5. The third kappa shape index (κ3) is 5.34. The molecule has 0 radical (unpaired) electrons. The van der Waals surface area contributed by atoms with E-state index < -0.39 is 0 Å². The zero-order valence-corrected chi connectivity index (χ0v) is 15.7. The van der Waals surface area contributed by atoms with Crippen LogP contribution in [0.25, 0.3) is 0 Å². The lowest BCUT2D eigenvalue weighted by atomic mass is 10.1. The van der Waals surface area contributed by atoms with Crippen LogP contribution in [-0.4, -0.2) is 35.6 Å². The van der Waals surface area contributed by atoms with Crippen molar-refractivity contribution in [2.24, 2.45) is 0 Å². The van der Waals surface area contributed by atoms with Crippen LogP contribution in [0.2, 0.25) is 0 Å². The summed E-state index contributed by atoms with van der Waals surface area (Å²) in [4.78, 5) is 27.2. The third-order valence-electron chi connectivity index (χ3n) is 4.09. The van der Waals surface area contributed by atoms with Crippen molar-refractivity contribution in [2.75, 3.05) is 18.8 Å². The maximum atomic E-state index is 12.3. The lowest BCUT2D eigenvalue weighted by Crippen LogP contribution is -2.26. The summed E-state index contributed by atoms with van der Waals surface area (Å²) in [5.74, 6) is 2.04. The lowest BCUT2D eigenvalue weighted by molar-refractivity contribution is -0.128. The van der Waals surface area contributed by atoms with Crippen LogP contribution in [0.4, 0.5) is 0 Å². The van der Waals surface area contributed by atoms with Gasteiger partial charge in [0.1, 0.15) is 0 Å². The van der Waals surface area contributed by atoms with Gasteiger partial charge in [0.15, 0.2) is 0 Å². The molecule has 132 valence electrons. The van der Waals surface area contributed by atoms with Gasteiger partial charge in [0.25, 0.3) is 5.91 Å². The minimum Gasteiger partial charge on any atom is -0.351 e. The van der Waals surface area contributed by atoms with Gasteiger partial charge in [-0.05, 0) is 35.6 Å². The Labute approximate surface area is 156 Å². The maximum absolute atomic E-state index is 12.3. The molecule has 2 heterocycles. The van der Waals surface area contributed by atoms with Crippen molar-refractivity contribution in [2.45, 2.75) is 25.1 Å². The molecule has 1 aliphatic rings. The second kappa shape index (κ2) is 9.06. The Bertz CT molecular complexity index is 716. The Hall–Kier alpha value is -1.79. The maximum Gasteiger partial charge on any atom is 0.251 e. The molecule has 0 unspecified atom stereocenters. The highest BCUT2D eigenvalue weighted by Crippen LogP contribution is 2.17. The molecule has 0 bridgehead atoms. The van der Waals surface area contributed by atoms with Gasteiger partial charge in [-0.2, -0.15) is 11.8 Å². The van der Waals surface area contributed by atoms with Gasteiger partial charge in [0.05, 0.1) is 0 Å². The number of likely N-dealkylation sites (tertiary alicyclic amines) is 1. The fourth-order valence-corrected chi connectivity index (χ4v) is 4.51. The largest absolute Gasteiger partial charge is 0.351 e. The Morgan fingerprint density at radius 2 is 2.20 bits per heavy atom. The second-order valence-corrected chi connectivity index (χ2v) is 8.14. The summed E-state index contributed by atoms with van der Waals surface area (Å²) in [6.45, 7) is 2.07. The summed E-state index contributed by atoms with van der Waals surface area (Å²) in [6, 6.07) is 11.8. The van der Waals surface area contributed by atoms with Crippen LogP contribution in [0.15, 0.2) is 41.8 Å². The molecule has 3 rings (SSSR count). The van der Waals surface area contributed by atoms with Crippen molar-refractivity contribution >= 4 is 34.9 Å². The lowest BCUT2D eigenvalue weighted by Gasteiger charge is -2.16. The Morgan fingerprint density at radius 1 is 1.28 bits per heavy atom. The highest BCUT2D eigenvalue weighted by atomic mass is 32.2. The predicted molar refractivity (Wildman–Crippen MR) is 104 cm³/mol. The first kappa shape index (κ1) is 18.0. The normalized spacial score (nSPS) is 14.1. The quantitative estimate of drug-likeness (QED) is 0.719. The number of benzene rings is 1. The van der Waals surface area contributed by atoms with E-state index in [2.05, 4.69) is 22.8 Å². The van der Waals surface area contributed by atoms with E-state index in [9.17, 15) is 9.59 Å². The summed E-state index contributed by atoms with van der Waals surface area (Å²) >= 11 is 3.59. The summed E-state index contributed by atoms with van der Waals surface area (Å²) in [5.41, 5.74) is 1.67. The van der Waals surface area contributed by atoms with Crippen LogP contribution in [0.1, 0.15) is 33.6 Å². The minimum atomic E-state index is -0.0497. The number of hydrogen-bond acceptors (Lipinski definition) is 4. The van der Waals surface area contributed by atoms with E-state index in [4.69, 9.17) is 0 Å². The Balaban J connectivity index is 1.43. The van der Waals surface area contributed by atoms with Crippen LogP contribution in [0, 0.1) is 0 Å². The molecule has 2 aromatic rings. The molecule has 1 aromatic carbocycles. The van der Waals surface area contributed by atoms with Crippen molar-refractivity contribution < 1.29 is 9.59 Å². The number of carbonyl (C=O) groups is 2. The van der Waals surface area contributed by atoms with E-state index in [0.717, 1.165) is 30.0 Å². The highest BCUT2D eigenvalue weighted by molar-refractivity contribution is 7.98. The number of thioether (sulfide) groups is 1. The molecule has 4 nitrogen and oxygen atoms in total. The number of nitrogens with zero attached hydrogens (tertiary/aromatic N) is 1. The van der Waals surface area contributed by atoms with E-state index in [0.29, 0.717) is 25.1 Å². The summed E-state index contributed by atoms with van der Waals surface area (Å²) in [7, 11) is 0. The van der Waals surface area contributed by atoms with Crippen molar-refractivity contribution in [1.29, 1.82) is 0 Å². The smallest absolute Gasteiger partial charge is 0.251 e. The first-order chi connectivity index (χ1) is 12.2. The predicted octanol–water partition coefficient (Wildman–Crippen LogP) is 3.53. The van der Waals surface area contributed by atoms with Gasteiger partial charge in [-0.1, -0.05) is 18.2 Å². The van der Waals surface area contributed by atoms with Crippen LogP contribution < -0.4 is 5.32 Å². The topological polar surface area (TPSA) is 49.4 Å². The molecule has 0 spiro atoms. The van der Waals surface area contributed by atoms with E-state index in [-0.39, 0.29) is 11.8 Å². The molecule has 1 fully saturated rings. The fourth-order valence-electron chi connectivity index (χ4n) is 2.81. The van der Waals surface area contributed by atoms with Gasteiger partial charge in [0, 0.05) is 48.0 Å². The molecule has 25 heavy (non-hydrogen) atoms. The number of amides is 2. The fraction of sp³-hybridized carbons (Fsp3) is 0.368. The van der Waals surface area contributed by atoms with Gasteiger partial charge in [-0.15, -0.1) is 11.3 Å². The first-order valence-corrected chi connectivity index (χ1v) is 10.5. The average Bonchev–Trinajstić information content (AvgIpc) is 3.27. The number of rotatable bonds is 8. The summed E-state index contributed by atoms with van der Waals surface area (Å²) in [6.07, 6.45) is 1.57. The number of thiophene rings is 1. The van der Waals surface area contributed by atoms with E-state index in [1.54, 1.807) is 11.3 Å². The van der Waals surface area contributed by atoms with Crippen molar-refractivity contribution in [3.8, 4) is 0 Å². The van der Waals surface area contributed by atoms with E-state index in [1.807, 2.05) is 40.9 Å². The molecule has 1 saturated heterocycles. The third-order valence-corrected chi connectivity index (χ3v) is 6.16. The van der Waals surface area contributed by atoms with E-state index in [1.165, 1.54) is 4.88 Å². The average molecular weight is 375 g/mol. The molecule has 0 aliphatic carbocycles. The monoisotopic (exact) mass is 374 g/mol. The number of hydrogen-bond donors (Lipinski definition) is 1. The van der Waals surface area contributed by atoms with Crippen LogP contribution in [0.5, 0.6) is 0 Å². The minimum absolute atomic E-state index is 0.0497. The zero-order valence-electron chi connectivity index (χ0n) is 14.1. The summed E-state index contributed by atoms with van der Waals surface area (Å²) < 4.78 is 0. The van der Waals surface area contributed by atoms with Crippen molar-refractivity contribution in [3.63, 3.8) is 0 Å².